The lowest BCUT2D eigenvalue weighted by molar-refractivity contribution is 0.254. The fourth-order valence-corrected chi connectivity index (χ4v) is 1.58. The molecule has 19 heavy (non-hydrogen) atoms. The van der Waals surface area contributed by atoms with Crippen LogP contribution in [0.15, 0.2) is 29.2 Å². The van der Waals surface area contributed by atoms with Gasteiger partial charge in [-0.15, -0.1) is 0 Å². The van der Waals surface area contributed by atoms with Gasteiger partial charge >= 0.3 is 6.03 Å². The Morgan fingerprint density at radius 3 is 2.74 bits per heavy atom. The number of pyridine rings is 1. The molecule has 0 spiro atoms. The number of rotatable bonds is 2. The molecule has 0 aromatic carbocycles. The number of aryl methyl sites for hydroxylation is 1. The normalized spacial score (nSPS) is 10.0. The fraction of sp³-hybridized carbons (Fsp3) is 0.167. The van der Waals surface area contributed by atoms with E-state index in [4.69, 9.17) is 0 Å². The van der Waals surface area contributed by atoms with Crippen molar-refractivity contribution in [1.82, 2.24) is 20.5 Å². The molecule has 0 atom stereocenters. The average Bonchev–Trinajstić information content (AvgIpc) is 2.40. The fourth-order valence-electron chi connectivity index (χ4n) is 1.58. The number of carbonyl (C=O) groups is 1. The largest absolute Gasteiger partial charge is 0.341 e. The molecule has 7 heteroatoms. The second-order valence-electron chi connectivity index (χ2n) is 3.90. The third-order valence-corrected chi connectivity index (χ3v) is 2.50. The molecule has 0 saturated carbocycles. The SMILES string of the molecule is CNC(=O)Nc1ccc(-c2n[nH]c(=O)cc2C)cn1. The first-order valence-electron chi connectivity index (χ1n) is 5.61. The summed E-state index contributed by atoms with van der Waals surface area (Å²) in [6.45, 7) is 1.80. The molecule has 3 N–H and O–H groups in total. The topological polar surface area (TPSA) is 99.8 Å². The minimum atomic E-state index is -0.335. The summed E-state index contributed by atoms with van der Waals surface area (Å²) in [5.74, 6) is 0.435. The third kappa shape index (κ3) is 2.95. The Morgan fingerprint density at radius 1 is 1.37 bits per heavy atom. The van der Waals surface area contributed by atoms with Gasteiger partial charge in [0.25, 0.3) is 5.56 Å². The Hall–Kier alpha value is -2.70. The maximum Gasteiger partial charge on any atom is 0.320 e. The van der Waals surface area contributed by atoms with Crippen LogP contribution < -0.4 is 16.2 Å². The van der Waals surface area contributed by atoms with Crippen LogP contribution in [0.4, 0.5) is 10.6 Å². The van der Waals surface area contributed by atoms with E-state index >= 15 is 0 Å². The Labute approximate surface area is 109 Å². The van der Waals surface area contributed by atoms with E-state index in [9.17, 15) is 9.59 Å². The van der Waals surface area contributed by atoms with Crippen molar-refractivity contribution in [3.63, 3.8) is 0 Å². The van der Waals surface area contributed by atoms with Gasteiger partial charge < -0.3 is 5.32 Å². The van der Waals surface area contributed by atoms with E-state index in [1.54, 1.807) is 25.3 Å². The average molecular weight is 259 g/mol. The molecule has 7 nitrogen and oxygen atoms in total. The van der Waals surface area contributed by atoms with Crippen LogP contribution in [-0.4, -0.2) is 28.3 Å². The summed E-state index contributed by atoms with van der Waals surface area (Å²) in [4.78, 5) is 26.3. The van der Waals surface area contributed by atoms with Gasteiger partial charge in [-0.05, 0) is 24.6 Å². The Morgan fingerprint density at radius 2 is 2.16 bits per heavy atom. The van der Waals surface area contributed by atoms with Crippen LogP contribution in [0.25, 0.3) is 11.3 Å². The summed E-state index contributed by atoms with van der Waals surface area (Å²) in [7, 11) is 1.53. The number of nitrogens with one attached hydrogen (secondary N) is 3. The minimum Gasteiger partial charge on any atom is -0.341 e. The molecule has 0 aliphatic heterocycles. The molecular weight excluding hydrogens is 246 g/mol. The summed E-state index contributed by atoms with van der Waals surface area (Å²) in [6, 6.07) is 4.57. The highest BCUT2D eigenvalue weighted by Gasteiger charge is 2.06. The van der Waals surface area contributed by atoms with E-state index in [2.05, 4.69) is 25.8 Å². The van der Waals surface area contributed by atoms with Gasteiger partial charge in [0.15, 0.2) is 0 Å². The standard InChI is InChI=1S/C12H13N5O2/c1-7-5-10(18)16-17-11(7)8-3-4-9(14-6-8)15-12(19)13-2/h3-6H,1-2H3,(H,16,18)(H2,13,14,15,19). The number of nitrogens with zero attached hydrogens (tertiary/aromatic N) is 2. The van der Waals surface area contributed by atoms with E-state index in [1.807, 2.05) is 0 Å². The first-order chi connectivity index (χ1) is 9.10. The van der Waals surface area contributed by atoms with E-state index in [-0.39, 0.29) is 11.6 Å². The number of anilines is 1. The van der Waals surface area contributed by atoms with Crippen LogP contribution in [0, 0.1) is 6.92 Å². The van der Waals surface area contributed by atoms with Gasteiger partial charge in [-0.2, -0.15) is 5.10 Å². The summed E-state index contributed by atoms with van der Waals surface area (Å²) in [5.41, 5.74) is 1.93. The maximum absolute atomic E-state index is 11.1. The van der Waals surface area contributed by atoms with Gasteiger partial charge in [0.1, 0.15) is 5.82 Å². The number of hydrogen-bond acceptors (Lipinski definition) is 4. The van der Waals surface area contributed by atoms with Crippen molar-refractivity contribution in [2.24, 2.45) is 0 Å². The minimum absolute atomic E-state index is 0.243. The quantitative estimate of drug-likeness (QED) is 0.745. The van der Waals surface area contributed by atoms with Crippen molar-refractivity contribution in [2.75, 3.05) is 12.4 Å². The lowest BCUT2D eigenvalue weighted by atomic mass is 10.1. The highest BCUT2D eigenvalue weighted by molar-refractivity contribution is 5.88. The van der Waals surface area contributed by atoms with Crippen LogP contribution in [0.3, 0.4) is 0 Å². The Balaban J connectivity index is 2.27. The summed E-state index contributed by atoms with van der Waals surface area (Å²) >= 11 is 0. The molecule has 2 aromatic heterocycles. The second kappa shape index (κ2) is 5.30. The summed E-state index contributed by atoms with van der Waals surface area (Å²) < 4.78 is 0. The van der Waals surface area contributed by atoms with Crippen LogP contribution >= 0.6 is 0 Å². The highest BCUT2D eigenvalue weighted by atomic mass is 16.2. The predicted molar refractivity (Wildman–Crippen MR) is 70.9 cm³/mol. The molecule has 2 amide bonds. The van der Waals surface area contributed by atoms with Crippen molar-refractivity contribution in [3.05, 3.63) is 40.3 Å². The zero-order chi connectivity index (χ0) is 13.8. The molecule has 0 aliphatic carbocycles. The first-order valence-corrected chi connectivity index (χ1v) is 5.61. The van der Waals surface area contributed by atoms with Crippen LogP contribution in [0.1, 0.15) is 5.56 Å². The zero-order valence-corrected chi connectivity index (χ0v) is 10.5. The lowest BCUT2D eigenvalue weighted by Gasteiger charge is -2.06. The van der Waals surface area contributed by atoms with Gasteiger partial charge in [-0.3, -0.25) is 10.1 Å². The van der Waals surface area contributed by atoms with Crippen molar-refractivity contribution < 1.29 is 4.79 Å². The smallest absolute Gasteiger partial charge is 0.320 e. The van der Waals surface area contributed by atoms with E-state index in [0.29, 0.717) is 11.5 Å². The lowest BCUT2D eigenvalue weighted by Crippen LogP contribution is -2.24. The first kappa shape index (κ1) is 12.7. The molecule has 0 bridgehead atoms. The van der Waals surface area contributed by atoms with Gasteiger partial charge in [-0.1, -0.05) is 0 Å². The Bertz CT molecular complexity index is 648. The third-order valence-electron chi connectivity index (χ3n) is 2.50. The number of amides is 2. The van der Waals surface area contributed by atoms with Crippen LogP contribution in [0.2, 0.25) is 0 Å². The second-order valence-corrected chi connectivity index (χ2v) is 3.90. The maximum atomic E-state index is 11.1. The number of H-pyrrole nitrogens is 1. The van der Waals surface area contributed by atoms with Crippen molar-refractivity contribution in [1.29, 1.82) is 0 Å². The number of urea groups is 1. The molecule has 0 aliphatic rings. The van der Waals surface area contributed by atoms with E-state index in [1.165, 1.54) is 13.1 Å². The van der Waals surface area contributed by atoms with Gasteiger partial charge in [0.2, 0.25) is 0 Å². The highest BCUT2D eigenvalue weighted by Crippen LogP contribution is 2.19. The molecule has 2 aromatic rings. The van der Waals surface area contributed by atoms with E-state index in [0.717, 1.165) is 11.1 Å². The van der Waals surface area contributed by atoms with Crippen molar-refractivity contribution >= 4 is 11.8 Å². The van der Waals surface area contributed by atoms with Crippen LogP contribution in [-0.2, 0) is 0 Å². The zero-order valence-electron chi connectivity index (χ0n) is 10.5. The molecule has 2 rings (SSSR count). The van der Waals surface area contributed by atoms with Gasteiger partial charge in [0.05, 0.1) is 5.69 Å². The molecule has 0 fully saturated rings. The molecule has 0 saturated heterocycles. The van der Waals surface area contributed by atoms with Gasteiger partial charge in [0, 0.05) is 24.9 Å². The molecular formula is C12H13N5O2. The summed E-state index contributed by atoms with van der Waals surface area (Å²) in [6.07, 6.45) is 1.58. The number of hydrogen-bond donors (Lipinski definition) is 3. The number of aromatic amines is 1. The monoisotopic (exact) mass is 259 g/mol. The molecule has 0 unspecified atom stereocenters. The van der Waals surface area contributed by atoms with Gasteiger partial charge in [-0.25, -0.2) is 14.9 Å². The molecule has 2 heterocycles. The number of aromatic nitrogens is 3. The van der Waals surface area contributed by atoms with Crippen molar-refractivity contribution in [3.8, 4) is 11.3 Å². The molecule has 98 valence electrons. The summed E-state index contributed by atoms with van der Waals surface area (Å²) in [5, 5.41) is 11.3. The Kier molecular flexibility index (Phi) is 3.56. The predicted octanol–water partition coefficient (Wildman–Crippen LogP) is 0.892. The van der Waals surface area contributed by atoms with Crippen LogP contribution in [0.5, 0.6) is 0 Å². The molecule has 0 radical (unpaired) electrons. The van der Waals surface area contributed by atoms with E-state index < -0.39 is 0 Å². The van der Waals surface area contributed by atoms with Crippen molar-refractivity contribution in [2.45, 2.75) is 6.92 Å². The number of carbonyl (C=O) groups excluding carboxylic acids is 1.